The molecule has 2 aliphatic rings. The van der Waals surface area contributed by atoms with E-state index in [4.69, 9.17) is 11.6 Å². The topological polar surface area (TPSA) is 67.3 Å². The van der Waals surface area contributed by atoms with Gasteiger partial charge in [-0.05, 0) is 54.5 Å². The highest BCUT2D eigenvalue weighted by atomic mass is 35.5. The molecule has 5 nitrogen and oxygen atoms in total. The molecule has 160 valence electrons. The SMILES string of the molecule is O=C1C[C@]2(CCCC[C@H]2Cc2cccc(Cl)c2)S(=O)(=O)CCN1Cc1cccnc1. The fourth-order valence-corrected chi connectivity index (χ4v) is 7.66. The van der Waals surface area contributed by atoms with Crippen LogP contribution in [0.25, 0.3) is 0 Å². The molecule has 7 heteroatoms. The van der Waals surface area contributed by atoms with Crippen molar-refractivity contribution in [3.05, 3.63) is 64.9 Å². The van der Waals surface area contributed by atoms with Crippen LogP contribution >= 0.6 is 11.6 Å². The average molecular weight is 447 g/mol. The standard InChI is InChI=1S/C23H27ClN2O3S/c24-21-8-3-5-18(14-21)13-20-7-1-2-9-23(20)15-22(27)26(11-12-30(23,28)29)17-19-6-4-10-25-16-19/h3-6,8,10,14,16,20H,1-2,7,9,11-13,15,17H2/t20-,23-/m0/s1. The van der Waals surface area contributed by atoms with E-state index in [1.54, 1.807) is 17.3 Å². The van der Waals surface area contributed by atoms with E-state index in [0.29, 0.717) is 24.4 Å². The monoisotopic (exact) mass is 446 g/mol. The fraction of sp³-hybridized carbons (Fsp3) is 0.478. The summed E-state index contributed by atoms with van der Waals surface area (Å²) in [6.07, 6.45) is 7.35. The van der Waals surface area contributed by atoms with Gasteiger partial charge in [-0.15, -0.1) is 0 Å². The largest absolute Gasteiger partial charge is 0.337 e. The molecule has 1 amide bonds. The highest BCUT2D eigenvalue weighted by Gasteiger charge is 2.53. The van der Waals surface area contributed by atoms with E-state index in [2.05, 4.69) is 4.98 Å². The summed E-state index contributed by atoms with van der Waals surface area (Å²) in [5.74, 6) is -0.125. The number of pyridine rings is 1. The molecule has 30 heavy (non-hydrogen) atoms. The van der Waals surface area contributed by atoms with Crippen molar-refractivity contribution in [2.45, 2.75) is 49.8 Å². The molecular formula is C23H27ClN2O3S. The first-order valence-corrected chi connectivity index (χ1v) is 12.6. The van der Waals surface area contributed by atoms with Crippen molar-refractivity contribution < 1.29 is 13.2 Å². The van der Waals surface area contributed by atoms with E-state index in [-0.39, 0.29) is 30.5 Å². The Hall–Kier alpha value is -1.92. The van der Waals surface area contributed by atoms with Crippen LogP contribution in [0.2, 0.25) is 5.02 Å². The summed E-state index contributed by atoms with van der Waals surface area (Å²) in [5.41, 5.74) is 1.95. The highest BCUT2D eigenvalue weighted by molar-refractivity contribution is 7.92. The number of carbonyl (C=O) groups is 1. The van der Waals surface area contributed by atoms with Gasteiger partial charge in [0.15, 0.2) is 9.84 Å². The van der Waals surface area contributed by atoms with Gasteiger partial charge in [-0.3, -0.25) is 9.78 Å². The summed E-state index contributed by atoms with van der Waals surface area (Å²) in [7, 11) is -3.43. The van der Waals surface area contributed by atoms with Crippen LogP contribution in [0.4, 0.5) is 0 Å². The van der Waals surface area contributed by atoms with Gasteiger partial charge in [0, 0.05) is 36.9 Å². The van der Waals surface area contributed by atoms with Crippen LogP contribution in [0.5, 0.6) is 0 Å². The zero-order valence-electron chi connectivity index (χ0n) is 17.0. The molecule has 2 fully saturated rings. The zero-order valence-corrected chi connectivity index (χ0v) is 18.5. The Labute approximate surface area is 183 Å². The smallest absolute Gasteiger partial charge is 0.224 e. The number of benzene rings is 1. The molecule has 0 bridgehead atoms. The van der Waals surface area contributed by atoms with E-state index < -0.39 is 14.6 Å². The number of hydrogen-bond donors (Lipinski definition) is 0. The second kappa shape index (κ2) is 8.67. The summed E-state index contributed by atoms with van der Waals surface area (Å²) >= 11 is 6.16. The van der Waals surface area contributed by atoms with Crippen molar-refractivity contribution in [2.24, 2.45) is 5.92 Å². The maximum absolute atomic E-state index is 13.6. The van der Waals surface area contributed by atoms with E-state index >= 15 is 0 Å². The van der Waals surface area contributed by atoms with Crippen molar-refractivity contribution in [2.75, 3.05) is 12.3 Å². The first-order chi connectivity index (χ1) is 14.4. The Kier molecular flexibility index (Phi) is 6.16. The van der Waals surface area contributed by atoms with Gasteiger partial charge >= 0.3 is 0 Å². The lowest BCUT2D eigenvalue weighted by molar-refractivity contribution is -0.132. The number of rotatable bonds is 4. The Morgan fingerprint density at radius 2 is 2.00 bits per heavy atom. The molecule has 1 aromatic carbocycles. The van der Waals surface area contributed by atoms with Gasteiger partial charge in [-0.25, -0.2) is 8.42 Å². The minimum Gasteiger partial charge on any atom is -0.337 e. The van der Waals surface area contributed by atoms with Gasteiger partial charge in [-0.1, -0.05) is 42.6 Å². The van der Waals surface area contributed by atoms with E-state index in [0.717, 1.165) is 30.4 Å². The van der Waals surface area contributed by atoms with E-state index in [1.807, 2.05) is 36.4 Å². The summed E-state index contributed by atoms with van der Waals surface area (Å²) < 4.78 is 26.2. The molecule has 1 aliphatic heterocycles. The third kappa shape index (κ3) is 4.26. The minimum atomic E-state index is -3.43. The Balaban J connectivity index is 1.63. The van der Waals surface area contributed by atoms with Gasteiger partial charge in [0.2, 0.25) is 5.91 Å². The molecular weight excluding hydrogens is 420 g/mol. The van der Waals surface area contributed by atoms with E-state index in [1.165, 1.54) is 0 Å². The highest BCUT2D eigenvalue weighted by Crippen LogP contribution is 2.46. The Morgan fingerprint density at radius 3 is 2.77 bits per heavy atom. The first kappa shape index (κ1) is 21.3. The third-order valence-corrected chi connectivity index (χ3v) is 9.54. The van der Waals surface area contributed by atoms with Gasteiger partial charge in [0.05, 0.1) is 10.5 Å². The second-order valence-corrected chi connectivity index (χ2v) is 11.4. The minimum absolute atomic E-state index is 0.0189. The van der Waals surface area contributed by atoms with E-state index in [9.17, 15) is 13.2 Å². The summed E-state index contributed by atoms with van der Waals surface area (Å²) in [5, 5.41) is 0.653. The van der Waals surface area contributed by atoms with Crippen LogP contribution < -0.4 is 0 Å². The molecule has 2 aromatic rings. The summed E-state index contributed by atoms with van der Waals surface area (Å²) in [6.45, 7) is 0.638. The molecule has 4 rings (SSSR count). The number of carbonyl (C=O) groups excluding carboxylic acids is 1. The molecule has 2 heterocycles. The van der Waals surface area contributed by atoms with Crippen molar-refractivity contribution in [3.8, 4) is 0 Å². The Morgan fingerprint density at radius 1 is 1.17 bits per heavy atom. The van der Waals surface area contributed by atoms with Gasteiger partial charge in [0.1, 0.15) is 0 Å². The summed E-state index contributed by atoms with van der Waals surface area (Å²) in [6, 6.07) is 11.4. The molecule has 1 spiro atoms. The quantitative estimate of drug-likeness (QED) is 0.710. The van der Waals surface area contributed by atoms with Gasteiger partial charge < -0.3 is 4.90 Å². The van der Waals surface area contributed by atoms with Crippen LogP contribution in [0.3, 0.4) is 0 Å². The first-order valence-electron chi connectivity index (χ1n) is 10.5. The predicted molar refractivity (Wildman–Crippen MR) is 118 cm³/mol. The van der Waals surface area contributed by atoms with Crippen molar-refractivity contribution >= 4 is 27.3 Å². The van der Waals surface area contributed by atoms with Crippen LogP contribution in [0, 0.1) is 5.92 Å². The predicted octanol–water partition coefficient (Wildman–Crippen LogP) is 4.05. The lowest BCUT2D eigenvalue weighted by Gasteiger charge is -2.42. The number of halogens is 1. The molecule has 1 saturated heterocycles. The lowest BCUT2D eigenvalue weighted by Crippen LogP contribution is -2.50. The molecule has 0 radical (unpaired) electrons. The molecule has 0 unspecified atom stereocenters. The maximum Gasteiger partial charge on any atom is 0.224 e. The van der Waals surface area contributed by atoms with Crippen molar-refractivity contribution in [3.63, 3.8) is 0 Å². The Bertz CT molecular complexity index is 1010. The number of aromatic nitrogens is 1. The summed E-state index contributed by atoms with van der Waals surface area (Å²) in [4.78, 5) is 19.1. The van der Waals surface area contributed by atoms with Crippen LogP contribution in [0.1, 0.15) is 43.2 Å². The molecule has 1 aliphatic carbocycles. The maximum atomic E-state index is 13.6. The van der Waals surface area contributed by atoms with Gasteiger partial charge in [0.25, 0.3) is 0 Å². The molecule has 1 aromatic heterocycles. The van der Waals surface area contributed by atoms with Crippen LogP contribution in [-0.4, -0.2) is 41.3 Å². The zero-order chi connectivity index (χ0) is 21.2. The normalized spacial score (nSPS) is 26.5. The number of sulfone groups is 1. The average Bonchev–Trinajstić information content (AvgIpc) is 2.81. The third-order valence-electron chi connectivity index (χ3n) is 6.67. The van der Waals surface area contributed by atoms with Gasteiger partial charge in [-0.2, -0.15) is 0 Å². The lowest BCUT2D eigenvalue weighted by atomic mass is 9.73. The molecule has 2 atom stereocenters. The number of nitrogens with zero attached hydrogens (tertiary/aromatic N) is 2. The fourth-order valence-electron chi connectivity index (χ4n) is 5.08. The van der Waals surface area contributed by atoms with Crippen molar-refractivity contribution in [1.29, 1.82) is 0 Å². The molecule has 0 N–H and O–H groups in total. The molecule has 1 saturated carbocycles. The van der Waals surface area contributed by atoms with Crippen LogP contribution in [0.15, 0.2) is 48.8 Å². The van der Waals surface area contributed by atoms with Crippen LogP contribution in [-0.2, 0) is 27.6 Å². The van der Waals surface area contributed by atoms with Crippen molar-refractivity contribution in [1.82, 2.24) is 9.88 Å². The number of hydrogen-bond acceptors (Lipinski definition) is 4. The second-order valence-electron chi connectivity index (χ2n) is 8.51. The number of amides is 1.